The summed E-state index contributed by atoms with van der Waals surface area (Å²) in [6, 6.07) is 12.3. The fourth-order valence-electron chi connectivity index (χ4n) is 3.58. The molecule has 0 bridgehead atoms. The zero-order valence-electron chi connectivity index (χ0n) is 15.4. The van der Waals surface area contributed by atoms with Crippen molar-refractivity contribution in [3.05, 3.63) is 66.1 Å². The number of pyridine rings is 1. The molecule has 3 heterocycles. The number of benzene rings is 1. The van der Waals surface area contributed by atoms with E-state index < -0.39 is 0 Å². The van der Waals surface area contributed by atoms with Gasteiger partial charge in [0.25, 0.3) is 0 Å². The first kappa shape index (κ1) is 17.5. The summed E-state index contributed by atoms with van der Waals surface area (Å²) in [6.07, 6.45) is 6.63. The molecule has 27 heavy (non-hydrogen) atoms. The molecule has 6 nitrogen and oxygen atoms in total. The molecule has 0 saturated carbocycles. The van der Waals surface area contributed by atoms with E-state index in [1.165, 1.54) is 16.5 Å². The van der Waals surface area contributed by atoms with E-state index in [2.05, 4.69) is 50.6 Å². The number of urea groups is 1. The number of H-pyrrole nitrogens is 1. The van der Waals surface area contributed by atoms with E-state index in [0.29, 0.717) is 6.54 Å². The lowest BCUT2D eigenvalue weighted by molar-refractivity contribution is 0.140. The Labute approximate surface area is 159 Å². The van der Waals surface area contributed by atoms with Gasteiger partial charge < -0.3 is 15.2 Å². The molecule has 1 fully saturated rings. The Balaban J connectivity index is 1.22. The minimum absolute atomic E-state index is 0.0168. The molecule has 2 aromatic heterocycles. The van der Waals surface area contributed by atoms with Crippen LogP contribution in [0.5, 0.6) is 0 Å². The lowest BCUT2D eigenvalue weighted by Crippen LogP contribution is -2.51. The number of piperazine rings is 1. The van der Waals surface area contributed by atoms with Crippen LogP contribution in [0, 0.1) is 0 Å². The largest absolute Gasteiger partial charge is 0.361 e. The molecule has 3 aromatic rings. The number of fused-ring (bicyclic) bond motifs is 1. The van der Waals surface area contributed by atoms with E-state index in [9.17, 15) is 4.79 Å². The number of carbonyl (C=O) groups excluding carboxylic acids is 1. The van der Waals surface area contributed by atoms with E-state index in [1.54, 1.807) is 12.4 Å². The van der Waals surface area contributed by atoms with Crippen molar-refractivity contribution < 1.29 is 4.79 Å². The molecule has 0 atom stereocenters. The maximum absolute atomic E-state index is 12.3. The van der Waals surface area contributed by atoms with Gasteiger partial charge in [0.15, 0.2) is 0 Å². The summed E-state index contributed by atoms with van der Waals surface area (Å²) in [5, 5.41) is 4.31. The highest BCUT2D eigenvalue weighted by atomic mass is 16.2. The molecule has 4 rings (SSSR count). The van der Waals surface area contributed by atoms with E-state index in [1.807, 2.05) is 17.0 Å². The van der Waals surface area contributed by atoms with Gasteiger partial charge in [-0.05, 0) is 35.7 Å². The Kier molecular flexibility index (Phi) is 5.34. The molecule has 1 aliphatic heterocycles. The molecular weight excluding hydrogens is 338 g/mol. The minimum atomic E-state index is 0.0168. The number of aromatic nitrogens is 2. The van der Waals surface area contributed by atoms with Crippen LogP contribution < -0.4 is 5.32 Å². The van der Waals surface area contributed by atoms with Gasteiger partial charge >= 0.3 is 6.03 Å². The number of rotatable bonds is 5. The third kappa shape index (κ3) is 4.28. The van der Waals surface area contributed by atoms with Crippen LogP contribution in [0.25, 0.3) is 10.9 Å². The van der Waals surface area contributed by atoms with Gasteiger partial charge in [0, 0.05) is 68.8 Å². The zero-order chi connectivity index (χ0) is 18.5. The van der Waals surface area contributed by atoms with E-state index in [0.717, 1.165) is 44.7 Å². The molecule has 140 valence electrons. The van der Waals surface area contributed by atoms with Crippen LogP contribution in [-0.2, 0) is 13.0 Å². The monoisotopic (exact) mass is 363 g/mol. The lowest BCUT2D eigenvalue weighted by Gasteiger charge is -2.34. The lowest BCUT2D eigenvalue weighted by atomic mass is 10.1. The summed E-state index contributed by atoms with van der Waals surface area (Å²) in [5.41, 5.74) is 3.63. The number of hydrogen-bond acceptors (Lipinski definition) is 3. The Morgan fingerprint density at radius 1 is 1.07 bits per heavy atom. The SMILES string of the molecule is O=C(NCc1ccncc1)N1CCN(CCc2c[nH]c3ccccc23)CC1. The van der Waals surface area contributed by atoms with Crippen LogP contribution >= 0.6 is 0 Å². The smallest absolute Gasteiger partial charge is 0.317 e. The molecule has 2 amide bonds. The van der Waals surface area contributed by atoms with Crippen molar-refractivity contribution in [1.29, 1.82) is 0 Å². The summed E-state index contributed by atoms with van der Waals surface area (Å²) in [6.45, 7) is 4.96. The first-order valence-corrected chi connectivity index (χ1v) is 9.48. The summed E-state index contributed by atoms with van der Waals surface area (Å²) < 4.78 is 0. The molecule has 0 unspecified atom stereocenters. The van der Waals surface area contributed by atoms with E-state index in [4.69, 9.17) is 0 Å². The predicted octanol–water partition coefficient (Wildman–Crippen LogP) is 2.63. The molecular formula is C21H25N5O. The highest BCUT2D eigenvalue weighted by molar-refractivity contribution is 5.83. The van der Waals surface area contributed by atoms with Gasteiger partial charge in [-0.1, -0.05) is 18.2 Å². The van der Waals surface area contributed by atoms with Crippen molar-refractivity contribution in [3.8, 4) is 0 Å². The summed E-state index contributed by atoms with van der Waals surface area (Å²) >= 11 is 0. The van der Waals surface area contributed by atoms with Crippen LogP contribution in [-0.4, -0.2) is 58.5 Å². The molecule has 0 spiro atoms. The normalized spacial score (nSPS) is 15.2. The molecule has 2 N–H and O–H groups in total. The van der Waals surface area contributed by atoms with Crippen molar-refractivity contribution in [3.63, 3.8) is 0 Å². The van der Waals surface area contributed by atoms with Crippen molar-refractivity contribution in [2.24, 2.45) is 0 Å². The average molecular weight is 363 g/mol. The second-order valence-corrected chi connectivity index (χ2v) is 6.95. The van der Waals surface area contributed by atoms with Crippen LogP contribution in [0.15, 0.2) is 55.0 Å². The van der Waals surface area contributed by atoms with Gasteiger partial charge in [-0.15, -0.1) is 0 Å². The van der Waals surface area contributed by atoms with Gasteiger partial charge in [-0.25, -0.2) is 4.79 Å². The van der Waals surface area contributed by atoms with Crippen LogP contribution in [0.4, 0.5) is 4.79 Å². The summed E-state index contributed by atoms with van der Waals surface area (Å²) in [7, 11) is 0. The molecule has 0 aliphatic carbocycles. The van der Waals surface area contributed by atoms with Gasteiger partial charge in [-0.2, -0.15) is 0 Å². The predicted molar refractivity (Wildman–Crippen MR) is 106 cm³/mol. The molecule has 6 heteroatoms. The second kappa shape index (κ2) is 8.22. The molecule has 1 aliphatic rings. The number of aromatic amines is 1. The standard InChI is InChI=1S/C21H25N5O/c27-21(24-15-17-5-8-22-9-6-17)26-13-11-25(12-14-26)10-7-18-16-23-20-4-2-1-3-19(18)20/h1-6,8-9,16,23H,7,10-15H2,(H,24,27). The second-order valence-electron chi connectivity index (χ2n) is 6.95. The fraction of sp³-hybridized carbons (Fsp3) is 0.333. The van der Waals surface area contributed by atoms with Crippen LogP contribution in [0.3, 0.4) is 0 Å². The Morgan fingerprint density at radius 3 is 2.67 bits per heavy atom. The third-order valence-corrected chi connectivity index (χ3v) is 5.22. The van der Waals surface area contributed by atoms with Crippen molar-refractivity contribution >= 4 is 16.9 Å². The third-order valence-electron chi connectivity index (χ3n) is 5.22. The first-order chi connectivity index (χ1) is 13.3. The number of nitrogens with one attached hydrogen (secondary N) is 2. The number of amides is 2. The van der Waals surface area contributed by atoms with E-state index >= 15 is 0 Å². The number of nitrogens with zero attached hydrogens (tertiary/aromatic N) is 3. The maximum atomic E-state index is 12.3. The topological polar surface area (TPSA) is 64.3 Å². The summed E-state index contributed by atoms with van der Waals surface area (Å²) in [4.78, 5) is 24.0. The Morgan fingerprint density at radius 2 is 1.85 bits per heavy atom. The number of para-hydroxylation sites is 1. The first-order valence-electron chi connectivity index (χ1n) is 9.48. The molecule has 1 saturated heterocycles. The Hall–Kier alpha value is -2.86. The highest BCUT2D eigenvalue weighted by Crippen LogP contribution is 2.18. The van der Waals surface area contributed by atoms with Crippen molar-refractivity contribution in [2.75, 3.05) is 32.7 Å². The van der Waals surface area contributed by atoms with Crippen LogP contribution in [0.2, 0.25) is 0 Å². The minimum Gasteiger partial charge on any atom is -0.361 e. The average Bonchev–Trinajstić information content (AvgIpc) is 3.15. The number of carbonyl (C=O) groups is 1. The van der Waals surface area contributed by atoms with Crippen molar-refractivity contribution in [1.82, 2.24) is 25.1 Å². The highest BCUT2D eigenvalue weighted by Gasteiger charge is 2.20. The molecule has 1 aromatic carbocycles. The van der Waals surface area contributed by atoms with Crippen molar-refractivity contribution in [2.45, 2.75) is 13.0 Å². The maximum Gasteiger partial charge on any atom is 0.317 e. The zero-order valence-corrected chi connectivity index (χ0v) is 15.4. The van der Waals surface area contributed by atoms with Gasteiger partial charge in [0.05, 0.1) is 0 Å². The summed E-state index contributed by atoms with van der Waals surface area (Å²) in [5.74, 6) is 0. The quantitative estimate of drug-likeness (QED) is 0.732. The Bertz CT molecular complexity index is 884. The van der Waals surface area contributed by atoms with E-state index in [-0.39, 0.29) is 6.03 Å². The molecule has 0 radical (unpaired) electrons. The number of hydrogen-bond donors (Lipinski definition) is 2. The fourth-order valence-corrected chi connectivity index (χ4v) is 3.58. The van der Waals surface area contributed by atoms with Crippen LogP contribution in [0.1, 0.15) is 11.1 Å². The van der Waals surface area contributed by atoms with Gasteiger partial charge in [0.2, 0.25) is 0 Å². The van der Waals surface area contributed by atoms with Gasteiger partial charge in [0.1, 0.15) is 0 Å². The van der Waals surface area contributed by atoms with Gasteiger partial charge in [-0.3, -0.25) is 9.88 Å².